The molecule has 0 saturated heterocycles. The van der Waals surface area contributed by atoms with Crippen molar-refractivity contribution in [2.75, 3.05) is 13.2 Å². The molecule has 2 N–H and O–H groups in total. The average molecular weight is 87.1 g/mol. The van der Waals surface area contributed by atoms with Crippen molar-refractivity contribution in [3.63, 3.8) is 0 Å². The highest BCUT2D eigenvalue weighted by Gasteiger charge is 1.70. The normalized spacial score (nSPS) is 7.50. The maximum atomic E-state index is 4.97. The SMILES string of the molecule is [CH]=NOCCN. The smallest absolute Gasteiger partial charge is 0.129 e. The van der Waals surface area contributed by atoms with Crippen molar-refractivity contribution in [1.29, 1.82) is 0 Å². The van der Waals surface area contributed by atoms with Crippen LogP contribution < -0.4 is 5.73 Å². The molecule has 0 rings (SSSR count). The molecule has 0 fully saturated rings. The second kappa shape index (κ2) is 4.43. The van der Waals surface area contributed by atoms with Crippen LogP contribution in [0.4, 0.5) is 0 Å². The van der Waals surface area contributed by atoms with Gasteiger partial charge in [-0.1, -0.05) is 5.16 Å². The minimum Gasteiger partial charge on any atom is -0.394 e. The summed E-state index contributed by atoms with van der Waals surface area (Å²) in [5.41, 5.74) is 4.97. The summed E-state index contributed by atoms with van der Waals surface area (Å²) in [6, 6.07) is 0. The van der Waals surface area contributed by atoms with E-state index in [9.17, 15) is 0 Å². The van der Waals surface area contributed by atoms with Gasteiger partial charge < -0.3 is 10.6 Å². The first-order chi connectivity index (χ1) is 2.91. The summed E-state index contributed by atoms with van der Waals surface area (Å²) < 4.78 is 0. The summed E-state index contributed by atoms with van der Waals surface area (Å²) >= 11 is 0. The maximum Gasteiger partial charge on any atom is 0.129 e. The third-order valence-corrected chi connectivity index (χ3v) is 0.284. The van der Waals surface area contributed by atoms with Crippen molar-refractivity contribution in [2.45, 2.75) is 0 Å². The zero-order chi connectivity index (χ0) is 4.83. The molecule has 0 aromatic heterocycles. The Balaban J connectivity index is 2.49. The van der Waals surface area contributed by atoms with Gasteiger partial charge in [-0.05, 0) is 0 Å². The third-order valence-electron chi connectivity index (χ3n) is 0.284. The van der Waals surface area contributed by atoms with Crippen LogP contribution in [0.25, 0.3) is 0 Å². The molecule has 0 spiro atoms. The Kier molecular flexibility index (Phi) is 4.01. The van der Waals surface area contributed by atoms with Crippen molar-refractivity contribution in [2.24, 2.45) is 10.9 Å². The lowest BCUT2D eigenvalue weighted by atomic mass is 10.8. The molecule has 0 aliphatic rings. The van der Waals surface area contributed by atoms with Gasteiger partial charge in [-0.15, -0.1) is 0 Å². The zero-order valence-electron chi connectivity index (χ0n) is 3.42. The minimum absolute atomic E-state index is 0.399. The predicted molar refractivity (Wildman–Crippen MR) is 23.5 cm³/mol. The fourth-order valence-corrected chi connectivity index (χ4v) is 0.105. The Morgan fingerprint density at radius 3 is 2.67 bits per heavy atom. The van der Waals surface area contributed by atoms with Crippen molar-refractivity contribution in [3.05, 3.63) is 0 Å². The molecule has 0 bridgehead atoms. The van der Waals surface area contributed by atoms with Gasteiger partial charge in [-0.2, -0.15) is 0 Å². The summed E-state index contributed by atoms with van der Waals surface area (Å²) in [5, 5.41) is 2.85. The van der Waals surface area contributed by atoms with Crippen molar-refractivity contribution in [1.82, 2.24) is 0 Å². The van der Waals surface area contributed by atoms with E-state index in [1.165, 1.54) is 0 Å². The Morgan fingerprint density at radius 2 is 2.50 bits per heavy atom. The largest absolute Gasteiger partial charge is 0.394 e. The lowest BCUT2D eigenvalue weighted by Crippen LogP contribution is -2.04. The molecule has 0 aromatic carbocycles. The molecular weight excluding hydrogens is 80.0 g/mol. The van der Waals surface area contributed by atoms with Crippen LogP contribution in [0.3, 0.4) is 0 Å². The standard InChI is InChI=1S/C3H7N2O/c1-5-6-3-2-4/h1H,2-4H2. The van der Waals surface area contributed by atoms with E-state index in [4.69, 9.17) is 5.73 Å². The highest BCUT2D eigenvalue weighted by molar-refractivity contribution is 5.21. The summed E-state index contributed by atoms with van der Waals surface area (Å²) in [7, 11) is 0. The first-order valence-electron chi connectivity index (χ1n) is 1.64. The van der Waals surface area contributed by atoms with Crippen LogP contribution in [-0.4, -0.2) is 19.9 Å². The lowest BCUT2D eigenvalue weighted by Gasteiger charge is -1.87. The minimum atomic E-state index is 0.399. The van der Waals surface area contributed by atoms with Gasteiger partial charge in [0.25, 0.3) is 0 Å². The van der Waals surface area contributed by atoms with E-state index in [1.54, 1.807) is 0 Å². The van der Waals surface area contributed by atoms with Gasteiger partial charge >= 0.3 is 0 Å². The summed E-state index contributed by atoms with van der Waals surface area (Å²) in [4.78, 5) is 4.26. The molecule has 0 aromatic rings. The van der Waals surface area contributed by atoms with Gasteiger partial charge in [0.05, 0.1) is 6.72 Å². The number of hydrogen-bond donors (Lipinski definition) is 1. The molecule has 3 nitrogen and oxygen atoms in total. The first-order valence-corrected chi connectivity index (χ1v) is 1.64. The Bertz CT molecular complexity index is 37.8. The summed E-state index contributed by atoms with van der Waals surface area (Å²) in [5.74, 6) is 0. The van der Waals surface area contributed by atoms with E-state index in [0.29, 0.717) is 13.2 Å². The molecule has 0 aliphatic carbocycles. The van der Waals surface area contributed by atoms with E-state index in [-0.39, 0.29) is 0 Å². The van der Waals surface area contributed by atoms with Crippen LogP contribution in [-0.2, 0) is 4.84 Å². The topological polar surface area (TPSA) is 47.6 Å². The highest BCUT2D eigenvalue weighted by atomic mass is 16.6. The van der Waals surface area contributed by atoms with E-state index in [2.05, 4.69) is 16.7 Å². The molecule has 0 aliphatic heterocycles. The summed E-state index contributed by atoms with van der Waals surface area (Å²) in [6.07, 6.45) is 0. The van der Waals surface area contributed by atoms with Crippen LogP contribution in [0.5, 0.6) is 0 Å². The van der Waals surface area contributed by atoms with E-state index < -0.39 is 0 Å². The fraction of sp³-hybridized carbons (Fsp3) is 0.667. The van der Waals surface area contributed by atoms with Gasteiger partial charge in [-0.25, -0.2) is 0 Å². The van der Waals surface area contributed by atoms with Crippen LogP contribution in [0, 0.1) is 0 Å². The van der Waals surface area contributed by atoms with Crippen LogP contribution in [0.15, 0.2) is 5.16 Å². The van der Waals surface area contributed by atoms with E-state index in [1.807, 2.05) is 0 Å². The second-order valence-corrected chi connectivity index (χ2v) is 0.727. The molecule has 0 unspecified atom stereocenters. The molecule has 3 heteroatoms. The van der Waals surface area contributed by atoms with Crippen LogP contribution >= 0.6 is 0 Å². The summed E-state index contributed by atoms with van der Waals surface area (Å²) in [6.45, 7) is 5.42. The van der Waals surface area contributed by atoms with E-state index in [0.717, 1.165) is 0 Å². The monoisotopic (exact) mass is 87.1 g/mol. The van der Waals surface area contributed by atoms with Gasteiger partial charge in [0.2, 0.25) is 0 Å². The third kappa shape index (κ3) is 3.43. The van der Waals surface area contributed by atoms with Gasteiger partial charge in [0.1, 0.15) is 6.61 Å². The number of nitrogens with two attached hydrogens (primary N) is 1. The molecule has 1 radical (unpaired) electrons. The molecule has 6 heavy (non-hydrogen) atoms. The lowest BCUT2D eigenvalue weighted by molar-refractivity contribution is 0.155. The average Bonchev–Trinajstić information content (AvgIpc) is 1.61. The predicted octanol–water partition coefficient (Wildman–Crippen LogP) is -0.546. The number of rotatable bonds is 3. The Hall–Kier alpha value is -0.570. The quantitative estimate of drug-likeness (QED) is 0.285. The molecule has 0 amide bonds. The highest BCUT2D eigenvalue weighted by Crippen LogP contribution is 1.64. The van der Waals surface area contributed by atoms with Crippen molar-refractivity contribution in [3.8, 4) is 0 Å². The van der Waals surface area contributed by atoms with Gasteiger partial charge in [-0.3, -0.25) is 0 Å². The first kappa shape index (κ1) is 5.43. The van der Waals surface area contributed by atoms with Crippen LogP contribution in [0.2, 0.25) is 0 Å². The van der Waals surface area contributed by atoms with Crippen molar-refractivity contribution < 1.29 is 4.84 Å². The van der Waals surface area contributed by atoms with Gasteiger partial charge in [0.15, 0.2) is 0 Å². The number of hydrogen-bond acceptors (Lipinski definition) is 3. The Morgan fingerprint density at radius 1 is 1.83 bits per heavy atom. The fourth-order valence-electron chi connectivity index (χ4n) is 0.105. The second-order valence-electron chi connectivity index (χ2n) is 0.727. The zero-order valence-corrected chi connectivity index (χ0v) is 3.42. The molecule has 0 heterocycles. The molecule has 0 saturated carbocycles. The maximum absolute atomic E-state index is 4.97. The van der Waals surface area contributed by atoms with Gasteiger partial charge in [0, 0.05) is 6.54 Å². The molecule has 0 atom stereocenters. The Labute approximate surface area is 36.8 Å². The number of nitrogens with zero attached hydrogens (tertiary/aromatic N) is 1. The van der Waals surface area contributed by atoms with E-state index >= 15 is 0 Å². The molecular formula is C3H7N2O. The van der Waals surface area contributed by atoms with Crippen LogP contribution in [0.1, 0.15) is 0 Å². The van der Waals surface area contributed by atoms with Crippen molar-refractivity contribution >= 4 is 6.72 Å². The molecule has 35 valence electrons.